The van der Waals surface area contributed by atoms with Crippen LogP contribution < -0.4 is 0 Å². The van der Waals surface area contributed by atoms with E-state index in [0.29, 0.717) is 30.4 Å². The summed E-state index contributed by atoms with van der Waals surface area (Å²) in [4.78, 5) is 10.9. The van der Waals surface area contributed by atoms with Gasteiger partial charge < -0.3 is 14.9 Å². The van der Waals surface area contributed by atoms with Gasteiger partial charge in [0.25, 0.3) is 0 Å². The average Bonchev–Trinajstić information content (AvgIpc) is 2.42. The highest BCUT2D eigenvalue weighted by Gasteiger charge is 2.37. The summed E-state index contributed by atoms with van der Waals surface area (Å²) < 4.78 is 4.82. The molecule has 3 atom stereocenters. The van der Waals surface area contributed by atoms with Crippen LogP contribution in [-0.2, 0) is 9.53 Å². The Hall–Kier alpha value is -0.420. The van der Waals surface area contributed by atoms with Crippen LogP contribution in [0, 0.1) is 5.92 Å². The lowest BCUT2D eigenvalue weighted by Gasteiger charge is -2.20. The van der Waals surface area contributed by atoms with E-state index < -0.39 is 12.6 Å². The number of aliphatic hydroxyl groups is 2. The van der Waals surface area contributed by atoms with Crippen LogP contribution >= 0.6 is 11.6 Å². The van der Waals surface area contributed by atoms with Crippen molar-refractivity contribution in [2.75, 3.05) is 0 Å². The summed E-state index contributed by atoms with van der Waals surface area (Å²) >= 11 is 5.38. The van der Waals surface area contributed by atoms with Gasteiger partial charge in [0, 0.05) is 5.92 Å². The fourth-order valence-electron chi connectivity index (χ4n) is 2.01. The standard InChI is InChI=1S/C9H11ClO4/c10-7(11)4-1-2-5-6(3-4)9(13)14-8(5)12/h4,8-9,12-13H,1-3H2. The van der Waals surface area contributed by atoms with Crippen molar-refractivity contribution < 1.29 is 19.7 Å². The first kappa shape index (κ1) is 10.1. The molecule has 2 aliphatic rings. The fraction of sp³-hybridized carbons (Fsp3) is 0.667. The summed E-state index contributed by atoms with van der Waals surface area (Å²) in [6, 6.07) is 0. The van der Waals surface area contributed by atoms with E-state index in [9.17, 15) is 15.0 Å². The van der Waals surface area contributed by atoms with Crippen molar-refractivity contribution in [3.8, 4) is 0 Å². The van der Waals surface area contributed by atoms with Gasteiger partial charge in [0.05, 0.1) is 0 Å². The summed E-state index contributed by atoms with van der Waals surface area (Å²) in [6.07, 6.45) is -0.494. The van der Waals surface area contributed by atoms with E-state index in [1.54, 1.807) is 0 Å². The third-order valence-corrected chi connectivity index (χ3v) is 3.12. The molecule has 0 bridgehead atoms. The summed E-state index contributed by atoms with van der Waals surface area (Å²) in [6.45, 7) is 0. The van der Waals surface area contributed by atoms with E-state index in [1.807, 2.05) is 0 Å². The van der Waals surface area contributed by atoms with Gasteiger partial charge in [-0.25, -0.2) is 0 Å². The Morgan fingerprint density at radius 3 is 2.64 bits per heavy atom. The van der Waals surface area contributed by atoms with Crippen LogP contribution in [0.2, 0.25) is 0 Å². The Kier molecular flexibility index (Phi) is 2.62. The van der Waals surface area contributed by atoms with Gasteiger partial charge in [-0.2, -0.15) is 0 Å². The molecule has 1 aliphatic carbocycles. The van der Waals surface area contributed by atoms with E-state index in [1.165, 1.54) is 0 Å². The second-order valence-electron chi connectivity index (χ2n) is 3.64. The summed E-state index contributed by atoms with van der Waals surface area (Å²) in [5.41, 5.74) is 1.34. The van der Waals surface area contributed by atoms with Crippen LogP contribution in [0.1, 0.15) is 19.3 Å². The number of hydrogen-bond acceptors (Lipinski definition) is 4. The lowest BCUT2D eigenvalue weighted by atomic mass is 9.85. The first-order valence-corrected chi connectivity index (χ1v) is 4.90. The molecule has 5 heteroatoms. The Morgan fingerprint density at radius 1 is 1.36 bits per heavy atom. The molecule has 0 amide bonds. The van der Waals surface area contributed by atoms with Gasteiger partial charge in [0.2, 0.25) is 5.24 Å². The average molecular weight is 219 g/mol. The monoisotopic (exact) mass is 218 g/mol. The van der Waals surface area contributed by atoms with Crippen molar-refractivity contribution in [3.63, 3.8) is 0 Å². The van der Waals surface area contributed by atoms with Gasteiger partial charge in [-0.05, 0) is 42.0 Å². The van der Waals surface area contributed by atoms with Gasteiger partial charge in [0.15, 0.2) is 12.6 Å². The lowest BCUT2D eigenvalue weighted by molar-refractivity contribution is -0.154. The first-order valence-electron chi connectivity index (χ1n) is 4.52. The maximum absolute atomic E-state index is 10.9. The first-order chi connectivity index (χ1) is 6.59. The molecular weight excluding hydrogens is 208 g/mol. The zero-order chi connectivity index (χ0) is 10.3. The third-order valence-electron chi connectivity index (χ3n) is 2.82. The molecule has 0 aromatic rings. The maximum atomic E-state index is 10.9. The molecule has 1 aliphatic heterocycles. The molecule has 1 heterocycles. The van der Waals surface area contributed by atoms with Gasteiger partial charge in [0.1, 0.15) is 0 Å². The van der Waals surface area contributed by atoms with E-state index in [2.05, 4.69) is 0 Å². The van der Waals surface area contributed by atoms with Crippen LogP contribution in [0.3, 0.4) is 0 Å². The molecular formula is C9H11ClO4. The largest absolute Gasteiger partial charge is 0.364 e. The van der Waals surface area contributed by atoms with Gasteiger partial charge >= 0.3 is 0 Å². The SMILES string of the molecule is O=C(Cl)C1CCC2=C(C1)C(O)OC2O. The molecule has 0 spiro atoms. The lowest BCUT2D eigenvalue weighted by Crippen LogP contribution is -2.19. The highest BCUT2D eigenvalue weighted by molar-refractivity contribution is 6.64. The van der Waals surface area contributed by atoms with Crippen LogP contribution in [0.4, 0.5) is 0 Å². The second kappa shape index (κ2) is 3.62. The molecule has 0 fully saturated rings. The quantitative estimate of drug-likeness (QED) is 0.497. The molecule has 2 rings (SSSR count). The van der Waals surface area contributed by atoms with Gasteiger partial charge in [-0.1, -0.05) is 0 Å². The molecule has 14 heavy (non-hydrogen) atoms. The molecule has 0 aromatic carbocycles. The predicted octanol–water partition coefficient (Wildman–Crippen LogP) is 0.515. The normalized spacial score (nSPS) is 37.2. The zero-order valence-electron chi connectivity index (χ0n) is 7.44. The van der Waals surface area contributed by atoms with Gasteiger partial charge in [-0.15, -0.1) is 0 Å². The van der Waals surface area contributed by atoms with E-state index in [0.717, 1.165) is 0 Å². The minimum Gasteiger partial charge on any atom is -0.364 e. The van der Waals surface area contributed by atoms with E-state index in [-0.39, 0.29) is 11.2 Å². The number of carbonyl (C=O) groups excluding carboxylic acids is 1. The molecule has 2 N–H and O–H groups in total. The number of hydrogen-bond donors (Lipinski definition) is 2. The smallest absolute Gasteiger partial charge is 0.225 e. The Bertz CT molecular complexity index is 299. The van der Waals surface area contributed by atoms with E-state index >= 15 is 0 Å². The zero-order valence-corrected chi connectivity index (χ0v) is 8.20. The molecule has 3 unspecified atom stereocenters. The molecule has 0 saturated heterocycles. The number of carbonyl (C=O) groups is 1. The molecule has 0 radical (unpaired) electrons. The predicted molar refractivity (Wildman–Crippen MR) is 48.3 cm³/mol. The van der Waals surface area contributed by atoms with Crippen molar-refractivity contribution in [2.45, 2.75) is 31.8 Å². The van der Waals surface area contributed by atoms with Gasteiger partial charge in [-0.3, -0.25) is 4.79 Å². The Morgan fingerprint density at radius 2 is 2.00 bits per heavy atom. The number of rotatable bonds is 1. The van der Waals surface area contributed by atoms with Crippen LogP contribution in [0.15, 0.2) is 11.1 Å². The maximum Gasteiger partial charge on any atom is 0.225 e. The Balaban J connectivity index is 2.19. The topological polar surface area (TPSA) is 66.8 Å². The number of aliphatic hydroxyl groups excluding tert-OH is 2. The van der Waals surface area contributed by atoms with Crippen LogP contribution in [-0.4, -0.2) is 28.0 Å². The minimum absolute atomic E-state index is 0.251. The van der Waals surface area contributed by atoms with Crippen LogP contribution in [0.25, 0.3) is 0 Å². The molecule has 0 aromatic heterocycles. The summed E-state index contributed by atoms with van der Waals surface area (Å²) in [7, 11) is 0. The van der Waals surface area contributed by atoms with Crippen molar-refractivity contribution in [3.05, 3.63) is 11.1 Å². The third kappa shape index (κ3) is 1.59. The second-order valence-corrected chi connectivity index (χ2v) is 4.01. The van der Waals surface area contributed by atoms with Crippen LogP contribution in [0.5, 0.6) is 0 Å². The fourth-order valence-corrected chi connectivity index (χ4v) is 2.20. The summed E-state index contributed by atoms with van der Waals surface area (Å²) in [5, 5.41) is 18.4. The minimum atomic E-state index is -1.07. The summed E-state index contributed by atoms with van der Waals surface area (Å²) in [5.74, 6) is -0.251. The van der Waals surface area contributed by atoms with Crippen molar-refractivity contribution in [1.82, 2.24) is 0 Å². The van der Waals surface area contributed by atoms with E-state index in [4.69, 9.17) is 16.3 Å². The highest BCUT2D eigenvalue weighted by Crippen LogP contribution is 2.39. The van der Waals surface area contributed by atoms with Crippen molar-refractivity contribution >= 4 is 16.8 Å². The number of ether oxygens (including phenoxy) is 1. The van der Waals surface area contributed by atoms with Crippen molar-refractivity contribution in [1.29, 1.82) is 0 Å². The highest BCUT2D eigenvalue weighted by atomic mass is 35.5. The Labute approximate surface area is 86.1 Å². The molecule has 0 saturated carbocycles. The van der Waals surface area contributed by atoms with Crippen molar-refractivity contribution in [2.24, 2.45) is 5.92 Å². The number of halogens is 1. The molecule has 78 valence electrons. The molecule has 4 nitrogen and oxygen atoms in total.